The molecule has 0 rings (SSSR count). The Morgan fingerprint density at radius 2 is 0.389 bits per heavy atom. The highest BCUT2D eigenvalue weighted by atomic mass is 13.8. The van der Waals surface area contributed by atoms with E-state index >= 15 is 0 Å². The van der Waals surface area contributed by atoms with E-state index in [2.05, 4.69) is 81.0 Å². The van der Waals surface area contributed by atoms with Crippen molar-refractivity contribution in [2.45, 2.75) is 157 Å². The summed E-state index contributed by atoms with van der Waals surface area (Å²) in [6, 6.07) is 0. The summed E-state index contributed by atoms with van der Waals surface area (Å²) in [6.45, 7) is 34.7. The molecule has 0 saturated carbocycles. The minimum atomic E-state index is 1.18. The minimum Gasteiger partial charge on any atom is -0.103 e. The van der Waals surface area contributed by atoms with Crippen LogP contribution in [0.3, 0.4) is 0 Å². The molecule has 0 aromatic heterocycles. The number of unbranched alkanes of at least 4 members (excludes halogenated alkanes) is 12. The Balaban J connectivity index is -0.0000000750. The van der Waals surface area contributed by atoms with Crippen molar-refractivity contribution in [2.24, 2.45) is 0 Å². The smallest absolute Gasteiger partial charge is 0.0354 e. The van der Waals surface area contributed by atoms with Crippen molar-refractivity contribution in [3.63, 3.8) is 0 Å². The van der Waals surface area contributed by atoms with Crippen LogP contribution in [0.25, 0.3) is 0 Å². The SMILES string of the molecule is C=CCCCC.C=CCCCC.C=CCCCC.C=CCCCC.C=CCCCC.C=CCCCC. The fraction of sp³-hybridized carbons (Fsp3) is 0.667. The fourth-order valence-electron chi connectivity index (χ4n) is 2.09. The summed E-state index contributed by atoms with van der Waals surface area (Å²) in [4.78, 5) is 0. The normalized spacial score (nSPS) is 8.17. The molecular formula is C36H72. The Bertz CT molecular complexity index is 267. The van der Waals surface area contributed by atoms with Gasteiger partial charge in [-0.3, -0.25) is 0 Å². The van der Waals surface area contributed by atoms with Crippen LogP contribution in [0.5, 0.6) is 0 Å². The summed E-state index contributed by atoms with van der Waals surface area (Å²) >= 11 is 0. The van der Waals surface area contributed by atoms with Crippen LogP contribution in [-0.4, -0.2) is 0 Å². The van der Waals surface area contributed by atoms with E-state index in [1.54, 1.807) is 0 Å². The molecule has 216 valence electrons. The Labute approximate surface area is 232 Å². The molecule has 0 heteroatoms. The maximum absolute atomic E-state index is 3.60. The van der Waals surface area contributed by atoms with Crippen molar-refractivity contribution in [1.82, 2.24) is 0 Å². The Morgan fingerprint density at radius 3 is 0.417 bits per heavy atom. The molecule has 0 fully saturated rings. The van der Waals surface area contributed by atoms with Gasteiger partial charge in [-0.2, -0.15) is 0 Å². The van der Waals surface area contributed by atoms with Crippen molar-refractivity contribution < 1.29 is 0 Å². The quantitative estimate of drug-likeness (QED) is 0.128. The second-order valence-electron chi connectivity index (χ2n) is 8.59. The van der Waals surface area contributed by atoms with Gasteiger partial charge in [-0.05, 0) is 38.5 Å². The van der Waals surface area contributed by atoms with Crippen LogP contribution < -0.4 is 0 Å². The molecule has 0 aliphatic carbocycles. The van der Waals surface area contributed by atoms with Gasteiger partial charge in [-0.1, -0.05) is 155 Å². The topological polar surface area (TPSA) is 0 Å². The third-order valence-corrected chi connectivity index (χ3v) is 4.57. The molecule has 0 bridgehead atoms. The van der Waals surface area contributed by atoms with Crippen molar-refractivity contribution >= 4 is 0 Å². The van der Waals surface area contributed by atoms with Gasteiger partial charge in [-0.25, -0.2) is 0 Å². The van der Waals surface area contributed by atoms with E-state index in [4.69, 9.17) is 0 Å². The van der Waals surface area contributed by atoms with Gasteiger partial charge in [0.1, 0.15) is 0 Å². The van der Waals surface area contributed by atoms with Crippen LogP contribution in [0.4, 0.5) is 0 Å². The van der Waals surface area contributed by atoms with Crippen LogP contribution in [-0.2, 0) is 0 Å². The first-order valence-corrected chi connectivity index (χ1v) is 15.1. The lowest BCUT2D eigenvalue weighted by molar-refractivity contribution is 0.816. The molecule has 0 heterocycles. The van der Waals surface area contributed by atoms with E-state index in [1.807, 2.05) is 36.5 Å². The van der Waals surface area contributed by atoms with Gasteiger partial charge in [0.25, 0.3) is 0 Å². The van der Waals surface area contributed by atoms with Crippen molar-refractivity contribution in [2.75, 3.05) is 0 Å². The minimum absolute atomic E-state index is 1.18. The zero-order valence-corrected chi connectivity index (χ0v) is 26.4. The maximum atomic E-state index is 3.60. The predicted molar refractivity (Wildman–Crippen MR) is 178 cm³/mol. The second kappa shape index (κ2) is 69.9. The molecule has 0 atom stereocenters. The van der Waals surface area contributed by atoms with Gasteiger partial charge in [0.05, 0.1) is 0 Å². The first-order chi connectivity index (χ1) is 17.5. The molecule has 0 aromatic carbocycles. The lowest BCUT2D eigenvalue weighted by Gasteiger charge is -1.81. The summed E-state index contributed by atoms with van der Waals surface area (Å²) in [5, 5.41) is 0. The standard InChI is InChI=1S/6C6H12/c6*1-3-5-6-4-2/h6*3H,1,4-6H2,2H3. The molecule has 0 aliphatic rings. The number of rotatable bonds is 18. The fourth-order valence-corrected chi connectivity index (χ4v) is 2.09. The van der Waals surface area contributed by atoms with Crippen LogP contribution in [0, 0.1) is 0 Å². The Hall–Kier alpha value is -1.56. The van der Waals surface area contributed by atoms with Crippen molar-refractivity contribution in [3.8, 4) is 0 Å². The van der Waals surface area contributed by atoms with Crippen LogP contribution in [0.2, 0.25) is 0 Å². The van der Waals surface area contributed by atoms with E-state index < -0.39 is 0 Å². The van der Waals surface area contributed by atoms with Crippen LogP contribution in [0.1, 0.15) is 157 Å². The molecular weight excluding hydrogens is 432 g/mol. The largest absolute Gasteiger partial charge is 0.103 e. The summed E-state index contributed by atoms with van der Waals surface area (Å²) in [6.07, 6.45) is 34.3. The molecule has 0 spiro atoms. The van der Waals surface area contributed by atoms with Gasteiger partial charge in [0, 0.05) is 0 Å². The maximum Gasteiger partial charge on any atom is -0.0354 e. The third-order valence-electron chi connectivity index (χ3n) is 4.57. The Morgan fingerprint density at radius 1 is 0.278 bits per heavy atom. The molecule has 0 aliphatic heterocycles. The van der Waals surface area contributed by atoms with E-state index in [1.165, 1.54) is 116 Å². The molecule has 0 radical (unpaired) electrons. The lowest BCUT2D eigenvalue weighted by atomic mass is 10.3. The van der Waals surface area contributed by atoms with E-state index in [0.717, 1.165) is 0 Å². The molecule has 0 unspecified atom stereocenters. The molecule has 0 N–H and O–H groups in total. The van der Waals surface area contributed by atoms with Gasteiger partial charge in [-0.15, -0.1) is 39.5 Å². The molecule has 0 amide bonds. The highest BCUT2D eigenvalue weighted by Gasteiger charge is 1.73. The first kappa shape index (κ1) is 47.6. The zero-order chi connectivity index (χ0) is 29.0. The average Bonchev–Trinajstić information content (AvgIpc) is 2.92. The lowest BCUT2D eigenvalue weighted by Crippen LogP contribution is -1.61. The predicted octanol–water partition coefficient (Wildman–Crippen LogP) is 14.2. The third kappa shape index (κ3) is 119. The first-order valence-electron chi connectivity index (χ1n) is 15.1. The summed E-state index contributed by atoms with van der Waals surface area (Å²) < 4.78 is 0. The summed E-state index contributed by atoms with van der Waals surface area (Å²) in [5.74, 6) is 0. The summed E-state index contributed by atoms with van der Waals surface area (Å²) in [7, 11) is 0. The van der Waals surface area contributed by atoms with Gasteiger partial charge < -0.3 is 0 Å². The van der Waals surface area contributed by atoms with Crippen LogP contribution in [0.15, 0.2) is 75.9 Å². The highest BCUT2D eigenvalue weighted by Crippen LogP contribution is 1.94. The van der Waals surface area contributed by atoms with Gasteiger partial charge in [0.15, 0.2) is 0 Å². The van der Waals surface area contributed by atoms with Crippen LogP contribution >= 0.6 is 0 Å². The molecule has 0 aromatic rings. The molecule has 0 saturated heterocycles. The Kier molecular flexibility index (Phi) is 92.4. The number of allylic oxidation sites excluding steroid dienone is 6. The van der Waals surface area contributed by atoms with Crippen molar-refractivity contribution in [1.29, 1.82) is 0 Å². The van der Waals surface area contributed by atoms with E-state index in [-0.39, 0.29) is 0 Å². The zero-order valence-electron chi connectivity index (χ0n) is 26.4. The molecule has 0 nitrogen and oxygen atoms in total. The van der Waals surface area contributed by atoms with Gasteiger partial charge in [0.2, 0.25) is 0 Å². The number of hydrogen-bond donors (Lipinski definition) is 0. The highest BCUT2D eigenvalue weighted by molar-refractivity contribution is 4.66. The monoisotopic (exact) mass is 505 g/mol. The molecule has 36 heavy (non-hydrogen) atoms. The number of hydrogen-bond acceptors (Lipinski definition) is 0. The van der Waals surface area contributed by atoms with E-state index in [9.17, 15) is 0 Å². The second-order valence-corrected chi connectivity index (χ2v) is 8.59. The van der Waals surface area contributed by atoms with Gasteiger partial charge >= 0.3 is 0 Å². The van der Waals surface area contributed by atoms with Crippen molar-refractivity contribution in [3.05, 3.63) is 75.9 Å². The average molecular weight is 505 g/mol. The summed E-state index contributed by atoms with van der Waals surface area (Å²) in [5.41, 5.74) is 0. The van der Waals surface area contributed by atoms with E-state index in [0.29, 0.717) is 0 Å².